The van der Waals surface area contributed by atoms with Crippen LogP contribution in [-0.2, 0) is 6.42 Å². The normalized spacial score (nSPS) is 17.9. The summed E-state index contributed by atoms with van der Waals surface area (Å²) in [6, 6.07) is 4.97. The van der Waals surface area contributed by atoms with Gasteiger partial charge in [-0.05, 0) is 25.0 Å². The van der Waals surface area contributed by atoms with Gasteiger partial charge in [0.15, 0.2) is 5.76 Å². The molecule has 0 radical (unpaired) electrons. The number of likely N-dealkylation sites (tertiary alicyclic amines) is 1. The topological polar surface area (TPSA) is 83.9 Å². The molecule has 3 rings (SSSR count). The van der Waals surface area contributed by atoms with E-state index in [1.165, 1.54) is 6.07 Å². The van der Waals surface area contributed by atoms with E-state index in [2.05, 4.69) is 0 Å². The van der Waals surface area contributed by atoms with Crippen LogP contribution < -0.4 is 0 Å². The molecule has 2 aromatic rings. The molecule has 116 valence electrons. The van der Waals surface area contributed by atoms with Crippen molar-refractivity contribution < 1.29 is 23.5 Å². The third kappa shape index (κ3) is 2.52. The minimum atomic E-state index is -1.11. The number of carboxylic acid groups (broad SMARTS) is 1. The number of carboxylic acids is 1. The van der Waals surface area contributed by atoms with Crippen molar-refractivity contribution in [3.63, 3.8) is 0 Å². The average molecular weight is 303 g/mol. The highest BCUT2D eigenvalue weighted by Gasteiger charge is 2.34. The molecule has 1 N–H and O–H groups in total. The van der Waals surface area contributed by atoms with E-state index >= 15 is 0 Å². The molecule has 6 nitrogen and oxygen atoms in total. The van der Waals surface area contributed by atoms with Gasteiger partial charge >= 0.3 is 5.97 Å². The van der Waals surface area contributed by atoms with E-state index in [1.807, 2.05) is 19.1 Å². The highest BCUT2D eigenvalue weighted by molar-refractivity contribution is 5.95. The molecule has 1 aliphatic heterocycles. The van der Waals surface area contributed by atoms with Gasteiger partial charge in [-0.2, -0.15) is 0 Å². The van der Waals surface area contributed by atoms with Crippen molar-refractivity contribution in [3.8, 4) is 0 Å². The zero-order valence-corrected chi connectivity index (χ0v) is 12.2. The Morgan fingerprint density at radius 2 is 2.23 bits per heavy atom. The molecule has 0 saturated carbocycles. The second kappa shape index (κ2) is 5.71. The molecule has 1 saturated heterocycles. The summed E-state index contributed by atoms with van der Waals surface area (Å²) in [4.78, 5) is 25.1. The molecule has 3 heterocycles. The van der Waals surface area contributed by atoms with Crippen LogP contribution in [-0.4, -0.2) is 28.4 Å². The molecule has 1 atom stereocenters. The molecular weight excluding hydrogens is 286 g/mol. The van der Waals surface area contributed by atoms with E-state index in [0.29, 0.717) is 6.54 Å². The molecule has 1 aliphatic rings. The SMILES string of the molecule is CCc1ccc(C2CCCN2C(=O)c2cc(C(=O)O)co2)o1. The molecule has 1 amide bonds. The van der Waals surface area contributed by atoms with Crippen LogP contribution in [0.15, 0.2) is 33.3 Å². The Kier molecular flexibility index (Phi) is 3.75. The summed E-state index contributed by atoms with van der Waals surface area (Å²) in [6.45, 7) is 2.62. The molecule has 0 spiro atoms. The third-order valence-electron chi connectivity index (χ3n) is 3.93. The highest BCUT2D eigenvalue weighted by atomic mass is 16.4. The van der Waals surface area contributed by atoms with Crippen molar-refractivity contribution in [1.29, 1.82) is 0 Å². The first kappa shape index (κ1) is 14.4. The van der Waals surface area contributed by atoms with Gasteiger partial charge in [0.1, 0.15) is 17.8 Å². The first-order valence-electron chi connectivity index (χ1n) is 7.31. The summed E-state index contributed by atoms with van der Waals surface area (Å²) < 4.78 is 10.9. The summed E-state index contributed by atoms with van der Waals surface area (Å²) in [5.41, 5.74) is -0.0228. The minimum absolute atomic E-state index is 0.0228. The average Bonchev–Trinajstić information content (AvgIpc) is 3.24. The lowest BCUT2D eigenvalue weighted by Gasteiger charge is -2.22. The maximum atomic E-state index is 12.5. The first-order chi connectivity index (χ1) is 10.6. The van der Waals surface area contributed by atoms with Gasteiger partial charge < -0.3 is 18.8 Å². The smallest absolute Gasteiger partial charge is 0.338 e. The van der Waals surface area contributed by atoms with Gasteiger partial charge in [-0.1, -0.05) is 6.92 Å². The molecule has 0 aliphatic carbocycles. The maximum Gasteiger partial charge on any atom is 0.338 e. The lowest BCUT2D eigenvalue weighted by atomic mass is 10.1. The molecule has 6 heteroatoms. The van der Waals surface area contributed by atoms with Gasteiger partial charge in [0.25, 0.3) is 5.91 Å². The fourth-order valence-electron chi connectivity index (χ4n) is 2.77. The number of furan rings is 2. The van der Waals surface area contributed by atoms with Gasteiger partial charge in [0.05, 0.1) is 11.6 Å². The van der Waals surface area contributed by atoms with Crippen molar-refractivity contribution in [2.75, 3.05) is 6.54 Å². The first-order valence-corrected chi connectivity index (χ1v) is 7.31. The van der Waals surface area contributed by atoms with Gasteiger partial charge in [-0.25, -0.2) is 4.79 Å². The zero-order valence-electron chi connectivity index (χ0n) is 12.2. The van der Waals surface area contributed by atoms with Crippen molar-refractivity contribution in [1.82, 2.24) is 4.90 Å². The number of rotatable bonds is 4. The Morgan fingerprint density at radius 1 is 1.41 bits per heavy atom. The van der Waals surface area contributed by atoms with Crippen molar-refractivity contribution >= 4 is 11.9 Å². The largest absolute Gasteiger partial charge is 0.478 e. The van der Waals surface area contributed by atoms with Crippen LogP contribution in [0.5, 0.6) is 0 Å². The molecule has 0 aromatic carbocycles. The van der Waals surface area contributed by atoms with Crippen LogP contribution in [0, 0.1) is 0 Å². The Bertz CT molecular complexity index is 699. The molecule has 1 unspecified atom stereocenters. The highest BCUT2D eigenvalue weighted by Crippen LogP contribution is 2.34. The number of nitrogens with zero attached hydrogens (tertiary/aromatic N) is 1. The van der Waals surface area contributed by atoms with Crippen LogP contribution in [0.25, 0.3) is 0 Å². The van der Waals surface area contributed by atoms with E-state index in [0.717, 1.165) is 37.0 Å². The van der Waals surface area contributed by atoms with Crippen molar-refractivity contribution in [3.05, 3.63) is 47.3 Å². The lowest BCUT2D eigenvalue weighted by Crippen LogP contribution is -2.30. The van der Waals surface area contributed by atoms with E-state index in [1.54, 1.807) is 4.90 Å². The number of carbonyl (C=O) groups is 2. The second-order valence-electron chi connectivity index (χ2n) is 5.32. The standard InChI is InChI=1S/C16H17NO5/c1-2-11-5-6-13(22-11)12-4-3-7-17(12)15(18)14-8-10(9-21-14)16(19)20/h5-6,8-9,12H,2-4,7H2,1H3,(H,19,20). The summed E-state index contributed by atoms with van der Waals surface area (Å²) in [5, 5.41) is 8.91. The predicted octanol–water partition coefficient (Wildman–Crippen LogP) is 3.11. The number of aromatic carboxylic acids is 1. The Balaban J connectivity index is 1.82. The summed E-state index contributed by atoms with van der Waals surface area (Å²) in [5.74, 6) is 0.295. The van der Waals surface area contributed by atoms with Crippen LogP contribution in [0.3, 0.4) is 0 Å². The van der Waals surface area contributed by atoms with Gasteiger partial charge in [-0.3, -0.25) is 4.79 Å². The molecule has 1 fully saturated rings. The van der Waals surface area contributed by atoms with E-state index in [4.69, 9.17) is 13.9 Å². The fourth-order valence-corrected chi connectivity index (χ4v) is 2.77. The minimum Gasteiger partial charge on any atom is -0.478 e. The molecular formula is C16H17NO5. The summed E-state index contributed by atoms with van der Waals surface area (Å²) >= 11 is 0. The molecule has 22 heavy (non-hydrogen) atoms. The Hall–Kier alpha value is -2.50. The number of amides is 1. The molecule has 2 aromatic heterocycles. The lowest BCUT2D eigenvalue weighted by molar-refractivity contribution is 0.0682. The van der Waals surface area contributed by atoms with E-state index < -0.39 is 5.97 Å². The quantitative estimate of drug-likeness (QED) is 0.938. The van der Waals surface area contributed by atoms with Crippen LogP contribution >= 0.6 is 0 Å². The van der Waals surface area contributed by atoms with Gasteiger partial charge in [0, 0.05) is 19.0 Å². The predicted molar refractivity (Wildman–Crippen MR) is 76.8 cm³/mol. The Morgan fingerprint density at radius 3 is 2.86 bits per heavy atom. The van der Waals surface area contributed by atoms with Gasteiger partial charge in [-0.15, -0.1) is 0 Å². The monoisotopic (exact) mass is 303 g/mol. The van der Waals surface area contributed by atoms with E-state index in [9.17, 15) is 9.59 Å². The Labute approximate surface area is 127 Å². The fraction of sp³-hybridized carbons (Fsp3) is 0.375. The second-order valence-corrected chi connectivity index (χ2v) is 5.32. The number of hydrogen-bond acceptors (Lipinski definition) is 4. The zero-order chi connectivity index (χ0) is 15.7. The summed E-state index contributed by atoms with van der Waals surface area (Å²) in [7, 11) is 0. The van der Waals surface area contributed by atoms with Crippen molar-refractivity contribution in [2.24, 2.45) is 0 Å². The van der Waals surface area contributed by atoms with E-state index in [-0.39, 0.29) is 23.3 Å². The number of hydrogen-bond donors (Lipinski definition) is 1. The van der Waals surface area contributed by atoms with Crippen LogP contribution in [0.2, 0.25) is 0 Å². The van der Waals surface area contributed by atoms with Crippen LogP contribution in [0.4, 0.5) is 0 Å². The van der Waals surface area contributed by atoms with Crippen LogP contribution in [0.1, 0.15) is 58.2 Å². The number of carbonyl (C=O) groups excluding carboxylic acids is 1. The maximum absolute atomic E-state index is 12.5. The van der Waals surface area contributed by atoms with Crippen molar-refractivity contribution in [2.45, 2.75) is 32.2 Å². The van der Waals surface area contributed by atoms with Gasteiger partial charge in [0.2, 0.25) is 0 Å². The third-order valence-corrected chi connectivity index (χ3v) is 3.93. The summed E-state index contributed by atoms with van der Waals surface area (Å²) in [6.07, 6.45) is 3.60. The molecule has 0 bridgehead atoms. The number of aryl methyl sites for hydroxylation is 1.